The number of alkyl halides is 3. The molecule has 28 heavy (non-hydrogen) atoms. The molecule has 1 aromatic heterocycles. The molecule has 0 saturated heterocycles. The highest BCUT2D eigenvalue weighted by atomic mass is 19.4. The molecular formula is C19H15F4NO4. The molecule has 0 radical (unpaired) electrons. The maximum absolute atomic E-state index is 13.8. The van der Waals surface area contributed by atoms with Crippen molar-refractivity contribution in [1.29, 1.82) is 0 Å². The molecule has 0 bridgehead atoms. The van der Waals surface area contributed by atoms with Crippen LogP contribution in [0.5, 0.6) is 17.2 Å². The van der Waals surface area contributed by atoms with Crippen molar-refractivity contribution in [3.8, 4) is 17.2 Å². The SMILES string of the molecule is CN(C)Cc1c(O)ccc2c(=O)c(Oc3ccccc3F)c(C(F)(F)F)oc12. The molecule has 1 N–H and O–H groups in total. The third kappa shape index (κ3) is 3.65. The number of hydrogen-bond donors (Lipinski definition) is 1. The molecular weight excluding hydrogens is 382 g/mol. The summed E-state index contributed by atoms with van der Waals surface area (Å²) < 4.78 is 64.5. The van der Waals surface area contributed by atoms with Crippen LogP contribution >= 0.6 is 0 Å². The van der Waals surface area contributed by atoms with Crippen LogP contribution in [-0.2, 0) is 12.7 Å². The number of phenolic OH excluding ortho intramolecular Hbond substituents is 1. The first-order valence-corrected chi connectivity index (χ1v) is 8.05. The van der Waals surface area contributed by atoms with E-state index in [4.69, 9.17) is 9.15 Å². The van der Waals surface area contributed by atoms with E-state index in [9.17, 15) is 27.5 Å². The van der Waals surface area contributed by atoms with E-state index in [1.54, 1.807) is 19.0 Å². The van der Waals surface area contributed by atoms with Crippen molar-refractivity contribution in [2.24, 2.45) is 0 Å². The number of aromatic hydroxyl groups is 1. The van der Waals surface area contributed by atoms with Gasteiger partial charge in [0.05, 0.1) is 10.9 Å². The summed E-state index contributed by atoms with van der Waals surface area (Å²) in [5.74, 6) is -4.69. The van der Waals surface area contributed by atoms with Crippen LogP contribution in [0.4, 0.5) is 17.6 Å². The normalized spacial score (nSPS) is 12.0. The highest BCUT2D eigenvalue weighted by molar-refractivity contribution is 5.83. The van der Waals surface area contributed by atoms with Crippen molar-refractivity contribution >= 4 is 11.0 Å². The highest BCUT2D eigenvalue weighted by Crippen LogP contribution is 2.40. The quantitative estimate of drug-likeness (QED) is 0.657. The summed E-state index contributed by atoms with van der Waals surface area (Å²) in [5, 5.41) is 9.80. The van der Waals surface area contributed by atoms with E-state index >= 15 is 0 Å². The second-order valence-electron chi connectivity index (χ2n) is 6.30. The molecule has 3 rings (SSSR count). The molecule has 0 aliphatic rings. The molecule has 2 aromatic carbocycles. The summed E-state index contributed by atoms with van der Waals surface area (Å²) in [7, 11) is 3.27. The lowest BCUT2D eigenvalue weighted by Gasteiger charge is -2.17. The number of ether oxygens (including phenoxy) is 1. The standard InChI is InChI=1S/C19H15F4NO4/c1-24(2)9-11-13(25)8-7-10-15(26)17(18(19(21,22)23)28-16(10)11)27-14-6-4-3-5-12(14)20/h3-8,25H,9H2,1-2H3. The molecule has 1 heterocycles. The number of nitrogens with zero attached hydrogens (tertiary/aromatic N) is 1. The van der Waals surface area contributed by atoms with Crippen molar-refractivity contribution < 1.29 is 31.8 Å². The summed E-state index contributed by atoms with van der Waals surface area (Å²) in [5.41, 5.74) is -1.52. The lowest BCUT2D eigenvalue weighted by atomic mass is 10.1. The van der Waals surface area contributed by atoms with Crippen LogP contribution < -0.4 is 10.2 Å². The van der Waals surface area contributed by atoms with Crippen LogP contribution in [0.25, 0.3) is 11.0 Å². The molecule has 3 aromatic rings. The van der Waals surface area contributed by atoms with Crippen molar-refractivity contribution in [1.82, 2.24) is 4.90 Å². The molecule has 0 fully saturated rings. The summed E-state index contributed by atoms with van der Waals surface area (Å²) >= 11 is 0. The second kappa shape index (κ2) is 7.16. The van der Waals surface area contributed by atoms with Gasteiger partial charge in [0.2, 0.25) is 11.2 Å². The number of hydrogen-bond acceptors (Lipinski definition) is 5. The van der Waals surface area contributed by atoms with E-state index in [1.807, 2.05) is 0 Å². The van der Waals surface area contributed by atoms with Crippen LogP contribution in [0.2, 0.25) is 0 Å². The first-order chi connectivity index (χ1) is 13.1. The van der Waals surface area contributed by atoms with Gasteiger partial charge in [0.15, 0.2) is 11.6 Å². The zero-order valence-corrected chi connectivity index (χ0v) is 14.8. The first-order valence-electron chi connectivity index (χ1n) is 8.05. The summed E-state index contributed by atoms with van der Waals surface area (Å²) in [6.07, 6.45) is -5.09. The zero-order chi connectivity index (χ0) is 20.6. The van der Waals surface area contributed by atoms with Gasteiger partial charge < -0.3 is 19.2 Å². The number of phenols is 1. The van der Waals surface area contributed by atoms with Crippen molar-refractivity contribution in [2.45, 2.75) is 12.7 Å². The Bertz CT molecular complexity index is 1090. The van der Waals surface area contributed by atoms with E-state index in [1.165, 1.54) is 18.2 Å². The van der Waals surface area contributed by atoms with Gasteiger partial charge in [-0.1, -0.05) is 12.1 Å². The van der Waals surface area contributed by atoms with Gasteiger partial charge in [0, 0.05) is 6.54 Å². The van der Waals surface area contributed by atoms with Crippen LogP contribution in [-0.4, -0.2) is 24.1 Å². The fraction of sp³-hybridized carbons (Fsp3) is 0.211. The topological polar surface area (TPSA) is 62.9 Å². The van der Waals surface area contributed by atoms with Crippen molar-refractivity contribution in [2.75, 3.05) is 14.1 Å². The van der Waals surface area contributed by atoms with Crippen molar-refractivity contribution in [3.05, 3.63) is 63.8 Å². The minimum absolute atomic E-state index is 0.0162. The Morgan fingerprint density at radius 3 is 2.43 bits per heavy atom. The van der Waals surface area contributed by atoms with Gasteiger partial charge in [-0.25, -0.2) is 4.39 Å². The van der Waals surface area contributed by atoms with Crippen LogP contribution in [0, 0.1) is 5.82 Å². The third-order valence-electron chi connectivity index (χ3n) is 3.88. The zero-order valence-electron chi connectivity index (χ0n) is 14.8. The molecule has 9 heteroatoms. The predicted octanol–water partition coefficient (Wildman–Crippen LogP) is 4.51. The second-order valence-corrected chi connectivity index (χ2v) is 6.30. The first kappa shape index (κ1) is 19.7. The van der Waals surface area contributed by atoms with Crippen LogP contribution in [0.15, 0.2) is 45.6 Å². The van der Waals surface area contributed by atoms with E-state index in [0.29, 0.717) is 0 Å². The molecule has 0 amide bonds. The van der Waals surface area contributed by atoms with Crippen LogP contribution in [0.1, 0.15) is 11.3 Å². The average Bonchev–Trinajstić information content (AvgIpc) is 2.60. The van der Waals surface area contributed by atoms with Gasteiger partial charge in [-0.2, -0.15) is 13.2 Å². The van der Waals surface area contributed by atoms with Gasteiger partial charge in [0.25, 0.3) is 5.76 Å². The van der Waals surface area contributed by atoms with Gasteiger partial charge in [-0.15, -0.1) is 0 Å². The Morgan fingerprint density at radius 2 is 1.82 bits per heavy atom. The monoisotopic (exact) mass is 397 g/mol. The lowest BCUT2D eigenvalue weighted by molar-refractivity contribution is -0.154. The maximum Gasteiger partial charge on any atom is 0.453 e. The van der Waals surface area contributed by atoms with E-state index in [0.717, 1.165) is 18.2 Å². The minimum atomic E-state index is -5.09. The van der Waals surface area contributed by atoms with Gasteiger partial charge in [-0.3, -0.25) is 4.79 Å². The number of fused-ring (bicyclic) bond motifs is 1. The Morgan fingerprint density at radius 1 is 1.14 bits per heavy atom. The molecule has 0 saturated carbocycles. The van der Waals surface area contributed by atoms with Gasteiger partial charge in [-0.05, 0) is 38.4 Å². The average molecular weight is 397 g/mol. The predicted molar refractivity (Wildman–Crippen MR) is 93.0 cm³/mol. The molecule has 0 aliphatic heterocycles. The Kier molecular flexibility index (Phi) is 5.03. The number of para-hydroxylation sites is 1. The fourth-order valence-electron chi connectivity index (χ4n) is 2.67. The van der Waals surface area contributed by atoms with E-state index < -0.39 is 40.3 Å². The Labute approximate surface area is 156 Å². The largest absolute Gasteiger partial charge is 0.507 e. The molecule has 0 atom stereocenters. The molecule has 0 spiro atoms. The number of halogens is 4. The minimum Gasteiger partial charge on any atom is -0.507 e. The maximum atomic E-state index is 13.8. The third-order valence-corrected chi connectivity index (χ3v) is 3.88. The summed E-state index contributed by atoms with van der Waals surface area (Å²) in [4.78, 5) is 14.3. The van der Waals surface area contributed by atoms with Crippen LogP contribution in [0.3, 0.4) is 0 Å². The molecule has 148 valence electrons. The van der Waals surface area contributed by atoms with E-state index in [-0.39, 0.29) is 23.2 Å². The smallest absolute Gasteiger partial charge is 0.453 e. The Hall–Kier alpha value is -3.07. The molecule has 5 nitrogen and oxygen atoms in total. The Balaban J connectivity index is 2.32. The van der Waals surface area contributed by atoms with E-state index in [2.05, 4.69) is 0 Å². The highest BCUT2D eigenvalue weighted by Gasteiger charge is 2.41. The summed E-state index contributed by atoms with van der Waals surface area (Å²) in [6, 6.07) is 7.06. The number of rotatable bonds is 4. The fourth-order valence-corrected chi connectivity index (χ4v) is 2.67. The molecule has 0 aliphatic carbocycles. The molecule has 0 unspecified atom stereocenters. The van der Waals surface area contributed by atoms with Crippen molar-refractivity contribution in [3.63, 3.8) is 0 Å². The summed E-state index contributed by atoms with van der Waals surface area (Å²) in [6.45, 7) is 0.0247. The van der Waals surface area contributed by atoms with Gasteiger partial charge >= 0.3 is 6.18 Å². The lowest BCUT2D eigenvalue weighted by Crippen LogP contribution is -2.17. The van der Waals surface area contributed by atoms with Gasteiger partial charge in [0.1, 0.15) is 11.3 Å². The number of benzene rings is 2.